The van der Waals surface area contributed by atoms with Crippen molar-refractivity contribution in [1.29, 1.82) is 0 Å². The van der Waals surface area contributed by atoms with Gasteiger partial charge in [0.25, 0.3) is 0 Å². The molecule has 0 fully saturated rings. The van der Waals surface area contributed by atoms with Crippen molar-refractivity contribution in [3.8, 4) is 0 Å². The largest absolute Gasteiger partial charge is 0.465 e. The number of methoxy groups -OCH3 is 1. The maximum absolute atomic E-state index is 13.7. The Labute approximate surface area is 135 Å². The third kappa shape index (κ3) is 3.95. The SMILES string of the molecule is COC(=O)c1ccc(Cl)c(NCc2cc(Br)ccc2F)c1. The van der Waals surface area contributed by atoms with Crippen LogP contribution in [0.2, 0.25) is 5.02 Å². The van der Waals surface area contributed by atoms with Crippen molar-refractivity contribution in [1.82, 2.24) is 0 Å². The number of hydrogen-bond acceptors (Lipinski definition) is 3. The molecule has 6 heteroatoms. The van der Waals surface area contributed by atoms with Gasteiger partial charge in [0.15, 0.2) is 0 Å². The van der Waals surface area contributed by atoms with E-state index in [-0.39, 0.29) is 12.4 Å². The van der Waals surface area contributed by atoms with Gasteiger partial charge in [-0.15, -0.1) is 0 Å². The molecule has 0 radical (unpaired) electrons. The van der Waals surface area contributed by atoms with Gasteiger partial charge < -0.3 is 10.1 Å². The molecule has 0 saturated heterocycles. The van der Waals surface area contributed by atoms with Gasteiger partial charge >= 0.3 is 5.97 Å². The molecule has 1 N–H and O–H groups in total. The van der Waals surface area contributed by atoms with Crippen molar-refractivity contribution in [3.63, 3.8) is 0 Å². The fourth-order valence-electron chi connectivity index (χ4n) is 1.77. The minimum absolute atomic E-state index is 0.246. The van der Waals surface area contributed by atoms with Crippen LogP contribution in [0.4, 0.5) is 10.1 Å². The summed E-state index contributed by atoms with van der Waals surface area (Å²) in [5, 5.41) is 3.46. The third-order valence-corrected chi connectivity index (χ3v) is 3.69. The zero-order chi connectivity index (χ0) is 15.4. The number of ether oxygens (including phenoxy) is 1. The predicted octanol–water partition coefficient (Wildman–Crippen LogP) is 4.64. The van der Waals surface area contributed by atoms with Crippen molar-refractivity contribution >= 4 is 39.2 Å². The van der Waals surface area contributed by atoms with E-state index in [0.717, 1.165) is 4.47 Å². The summed E-state index contributed by atoms with van der Waals surface area (Å²) in [6.07, 6.45) is 0. The first-order chi connectivity index (χ1) is 10.0. The zero-order valence-electron chi connectivity index (χ0n) is 11.1. The van der Waals surface area contributed by atoms with Gasteiger partial charge in [-0.1, -0.05) is 27.5 Å². The first-order valence-corrected chi connectivity index (χ1v) is 7.24. The molecule has 0 aliphatic heterocycles. The van der Waals surface area contributed by atoms with Crippen molar-refractivity contribution in [2.75, 3.05) is 12.4 Å². The van der Waals surface area contributed by atoms with E-state index in [1.54, 1.807) is 30.3 Å². The minimum atomic E-state index is -0.455. The average Bonchev–Trinajstić information content (AvgIpc) is 2.48. The molecule has 21 heavy (non-hydrogen) atoms. The molecule has 2 rings (SSSR count). The Hall–Kier alpha value is -1.59. The highest BCUT2D eigenvalue weighted by Gasteiger charge is 2.10. The molecule has 3 nitrogen and oxygen atoms in total. The average molecular weight is 373 g/mol. The van der Waals surface area contributed by atoms with E-state index in [2.05, 4.69) is 26.0 Å². The van der Waals surface area contributed by atoms with Crippen LogP contribution >= 0.6 is 27.5 Å². The van der Waals surface area contributed by atoms with Crippen LogP contribution in [0.15, 0.2) is 40.9 Å². The number of halogens is 3. The lowest BCUT2D eigenvalue weighted by Crippen LogP contribution is -2.05. The van der Waals surface area contributed by atoms with Crippen LogP contribution < -0.4 is 5.32 Å². The first kappa shape index (κ1) is 15.8. The number of esters is 1. The van der Waals surface area contributed by atoms with Gasteiger partial charge in [-0.05, 0) is 36.4 Å². The van der Waals surface area contributed by atoms with Gasteiger partial charge in [0.05, 0.1) is 23.4 Å². The van der Waals surface area contributed by atoms with Crippen LogP contribution in [-0.2, 0) is 11.3 Å². The number of rotatable bonds is 4. The second-order valence-corrected chi connectivity index (χ2v) is 5.60. The minimum Gasteiger partial charge on any atom is -0.465 e. The van der Waals surface area contributed by atoms with Gasteiger partial charge in [0.2, 0.25) is 0 Å². The molecule has 110 valence electrons. The number of anilines is 1. The topological polar surface area (TPSA) is 38.3 Å². The Morgan fingerprint density at radius 3 is 2.81 bits per heavy atom. The summed E-state index contributed by atoms with van der Waals surface area (Å²) in [4.78, 5) is 11.5. The molecule has 2 aromatic carbocycles. The van der Waals surface area contributed by atoms with E-state index in [0.29, 0.717) is 21.8 Å². The normalized spacial score (nSPS) is 10.3. The summed E-state index contributed by atoms with van der Waals surface area (Å²) in [5.74, 6) is -0.769. The molecule has 0 saturated carbocycles. The lowest BCUT2D eigenvalue weighted by atomic mass is 10.1. The number of carbonyl (C=O) groups is 1. The van der Waals surface area contributed by atoms with Crippen molar-refractivity contribution in [2.24, 2.45) is 0 Å². The summed E-state index contributed by atoms with van der Waals surface area (Å²) in [7, 11) is 1.31. The van der Waals surface area contributed by atoms with Crippen molar-refractivity contribution in [3.05, 3.63) is 62.8 Å². The Morgan fingerprint density at radius 1 is 1.33 bits per heavy atom. The molecule has 0 spiro atoms. The van der Waals surface area contributed by atoms with E-state index in [1.165, 1.54) is 13.2 Å². The molecular weight excluding hydrogens is 361 g/mol. The fourth-order valence-corrected chi connectivity index (χ4v) is 2.37. The molecule has 0 amide bonds. The van der Waals surface area contributed by atoms with E-state index in [1.807, 2.05) is 0 Å². The zero-order valence-corrected chi connectivity index (χ0v) is 13.5. The molecule has 0 aromatic heterocycles. The maximum atomic E-state index is 13.7. The summed E-state index contributed by atoms with van der Waals surface area (Å²) < 4.78 is 19.1. The third-order valence-electron chi connectivity index (χ3n) is 2.86. The lowest BCUT2D eigenvalue weighted by molar-refractivity contribution is 0.0601. The van der Waals surface area contributed by atoms with Crippen LogP contribution in [-0.4, -0.2) is 13.1 Å². The number of carbonyl (C=O) groups excluding carboxylic acids is 1. The number of hydrogen-bond donors (Lipinski definition) is 1. The summed E-state index contributed by atoms with van der Waals surface area (Å²) in [6, 6.07) is 9.42. The maximum Gasteiger partial charge on any atom is 0.337 e. The smallest absolute Gasteiger partial charge is 0.337 e. The van der Waals surface area contributed by atoms with Crippen molar-refractivity contribution < 1.29 is 13.9 Å². The van der Waals surface area contributed by atoms with Gasteiger partial charge in [-0.3, -0.25) is 0 Å². The van der Waals surface area contributed by atoms with Gasteiger partial charge in [0.1, 0.15) is 5.82 Å². The molecule has 0 atom stereocenters. The predicted molar refractivity (Wildman–Crippen MR) is 84.2 cm³/mol. The van der Waals surface area contributed by atoms with Gasteiger partial charge in [-0.25, -0.2) is 9.18 Å². The Balaban J connectivity index is 2.19. The summed E-state index contributed by atoms with van der Waals surface area (Å²) >= 11 is 9.36. The van der Waals surface area contributed by atoms with Crippen molar-refractivity contribution in [2.45, 2.75) is 6.54 Å². The molecule has 0 aliphatic rings. The monoisotopic (exact) mass is 371 g/mol. The second kappa shape index (κ2) is 6.91. The molecule has 0 bridgehead atoms. The fraction of sp³-hybridized carbons (Fsp3) is 0.133. The summed E-state index contributed by atoms with van der Waals surface area (Å²) in [6.45, 7) is 0.246. The number of nitrogens with one attached hydrogen (secondary N) is 1. The first-order valence-electron chi connectivity index (χ1n) is 6.07. The van der Waals surface area contributed by atoms with E-state index in [4.69, 9.17) is 11.6 Å². The molecule has 0 unspecified atom stereocenters. The Morgan fingerprint density at radius 2 is 2.10 bits per heavy atom. The second-order valence-electron chi connectivity index (χ2n) is 4.28. The molecule has 2 aromatic rings. The quantitative estimate of drug-likeness (QED) is 0.795. The van der Waals surface area contributed by atoms with E-state index >= 15 is 0 Å². The highest BCUT2D eigenvalue weighted by Crippen LogP contribution is 2.25. The van der Waals surface area contributed by atoms with Gasteiger partial charge in [-0.2, -0.15) is 0 Å². The van der Waals surface area contributed by atoms with E-state index in [9.17, 15) is 9.18 Å². The number of benzene rings is 2. The Kier molecular flexibility index (Phi) is 5.20. The molecule has 0 heterocycles. The van der Waals surface area contributed by atoms with E-state index < -0.39 is 5.97 Å². The van der Waals surface area contributed by atoms with Gasteiger partial charge in [0, 0.05) is 16.6 Å². The van der Waals surface area contributed by atoms with Crippen LogP contribution in [0.1, 0.15) is 15.9 Å². The highest BCUT2D eigenvalue weighted by atomic mass is 79.9. The Bertz CT molecular complexity index is 679. The summed E-state index contributed by atoms with van der Waals surface area (Å²) in [5.41, 5.74) is 1.40. The van der Waals surface area contributed by atoms with Crippen LogP contribution in [0.25, 0.3) is 0 Å². The van der Waals surface area contributed by atoms with Crippen LogP contribution in [0.5, 0.6) is 0 Å². The highest BCUT2D eigenvalue weighted by molar-refractivity contribution is 9.10. The van der Waals surface area contributed by atoms with Crippen LogP contribution in [0, 0.1) is 5.82 Å². The van der Waals surface area contributed by atoms with Crippen LogP contribution in [0.3, 0.4) is 0 Å². The standard InChI is InChI=1S/C15H12BrClFNO2/c1-21-15(20)9-2-4-12(17)14(7-9)19-8-10-6-11(16)3-5-13(10)18/h2-7,19H,8H2,1H3. The lowest BCUT2D eigenvalue weighted by Gasteiger charge is -2.11. The molecular formula is C15H12BrClFNO2. The molecule has 0 aliphatic carbocycles.